The summed E-state index contributed by atoms with van der Waals surface area (Å²) in [5.74, 6) is 1.46. The van der Waals surface area contributed by atoms with Crippen LogP contribution >= 0.6 is 31.9 Å². The Labute approximate surface area is 111 Å². The Kier molecular flexibility index (Phi) is 3.78. The van der Waals surface area contributed by atoms with Crippen LogP contribution in [0.25, 0.3) is 11.3 Å². The summed E-state index contributed by atoms with van der Waals surface area (Å²) >= 11 is 6.91. The molecular formula is C11H10Br2N2O. The molecule has 0 saturated heterocycles. The Balaban J connectivity index is 2.35. The second kappa shape index (κ2) is 5.12. The van der Waals surface area contributed by atoms with Crippen molar-refractivity contribution in [2.24, 2.45) is 0 Å². The van der Waals surface area contributed by atoms with Gasteiger partial charge in [-0.05, 0) is 41.2 Å². The zero-order valence-electron chi connectivity index (χ0n) is 8.63. The number of nitrogens with one attached hydrogen (secondary N) is 1. The highest BCUT2D eigenvalue weighted by molar-refractivity contribution is 9.11. The molecule has 3 nitrogen and oxygen atoms in total. The third kappa shape index (κ3) is 2.53. The third-order valence-corrected chi connectivity index (χ3v) is 3.23. The molecule has 0 atom stereocenters. The number of nitrogens with zero attached hydrogens (tertiary/aromatic N) is 1. The molecule has 0 aliphatic rings. The Hall–Kier alpha value is -0.650. The zero-order chi connectivity index (χ0) is 11.5. The van der Waals surface area contributed by atoms with Gasteiger partial charge in [-0.2, -0.15) is 0 Å². The molecule has 0 saturated carbocycles. The molecule has 0 spiro atoms. The van der Waals surface area contributed by atoms with Gasteiger partial charge in [0.15, 0.2) is 5.76 Å². The van der Waals surface area contributed by atoms with Gasteiger partial charge in [-0.15, -0.1) is 0 Å². The summed E-state index contributed by atoms with van der Waals surface area (Å²) in [6, 6.07) is 5.94. The fourth-order valence-corrected chi connectivity index (χ4v) is 2.60. The molecule has 1 aromatic carbocycles. The van der Waals surface area contributed by atoms with E-state index >= 15 is 0 Å². The van der Waals surface area contributed by atoms with Crippen LogP contribution in [0.3, 0.4) is 0 Å². The number of aromatic nitrogens is 1. The molecule has 1 aromatic heterocycles. The maximum absolute atomic E-state index is 5.61. The quantitative estimate of drug-likeness (QED) is 0.923. The first-order chi connectivity index (χ1) is 7.70. The summed E-state index contributed by atoms with van der Waals surface area (Å²) in [4.78, 5) is 4.18. The number of hydrogen-bond donors (Lipinski definition) is 1. The van der Waals surface area contributed by atoms with Crippen LogP contribution in [0, 0.1) is 0 Å². The van der Waals surface area contributed by atoms with Crippen molar-refractivity contribution >= 4 is 31.9 Å². The summed E-state index contributed by atoms with van der Waals surface area (Å²) in [5.41, 5.74) is 0.998. The average Bonchev–Trinajstić information content (AvgIpc) is 2.67. The Morgan fingerprint density at radius 3 is 2.88 bits per heavy atom. The minimum absolute atomic E-state index is 0.633. The SMILES string of the molecule is CNCc1ncc(-c2ccc(Br)cc2Br)o1. The van der Waals surface area contributed by atoms with Gasteiger partial charge < -0.3 is 9.73 Å². The summed E-state index contributed by atoms with van der Waals surface area (Å²) in [5, 5.41) is 3.00. The Morgan fingerprint density at radius 1 is 1.38 bits per heavy atom. The lowest BCUT2D eigenvalue weighted by atomic mass is 10.2. The van der Waals surface area contributed by atoms with Crippen molar-refractivity contribution in [3.8, 4) is 11.3 Å². The first-order valence-electron chi connectivity index (χ1n) is 4.75. The van der Waals surface area contributed by atoms with Gasteiger partial charge in [-0.1, -0.05) is 15.9 Å². The summed E-state index contributed by atoms with van der Waals surface area (Å²) in [7, 11) is 1.86. The molecule has 0 fully saturated rings. The molecule has 16 heavy (non-hydrogen) atoms. The molecular weight excluding hydrogens is 336 g/mol. The lowest BCUT2D eigenvalue weighted by molar-refractivity contribution is 0.491. The highest BCUT2D eigenvalue weighted by atomic mass is 79.9. The molecule has 1 N–H and O–H groups in total. The van der Waals surface area contributed by atoms with Crippen LogP contribution in [0.15, 0.2) is 37.8 Å². The van der Waals surface area contributed by atoms with Crippen molar-refractivity contribution in [1.82, 2.24) is 10.3 Å². The number of oxazole rings is 1. The molecule has 0 aliphatic carbocycles. The summed E-state index contributed by atoms with van der Waals surface area (Å²) < 4.78 is 7.62. The van der Waals surface area contributed by atoms with E-state index in [2.05, 4.69) is 42.2 Å². The molecule has 2 rings (SSSR count). The normalized spacial score (nSPS) is 10.7. The van der Waals surface area contributed by atoms with E-state index in [4.69, 9.17) is 4.42 Å². The van der Waals surface area contributed by atoms with Gasteiger partial charge in [-0.3, -0.25) is 0 Å². The van der Waals surface area contributed by atoms with Crippen LogP contribution in [0.1, 0.15) is 5.89 Å². The molecule has 0 aliphatic heterocycles. The van der Waals surface area contributed by atoms with E-state index in [1.54, 1.807) is 6.20 Å². The van der Waals surface area contributed by atoms with Crippen LogP contribution in [0.2, 0.25) is 0 Å². The van der Waals surface area contributed by atoms with E-state index in [9.17, 15) is 0 Å². The van der Waals surface area contributed by atoms with Gasteiger partial charge in [0.1, 0.15) is 0 Å². The minimum Gasteiger partial charge on any atom is -0.439 e. The van der Waals surface area contributed by atoms with Crippen molar-refractivity contribution in [3.05, 3.63) is 39.2 Å². The first-order valence-corrected chi connectivity index (χ1v) is 6.34. The van der Waals surface area contributed by atoms with Crippen LogP contribution in [0.5, 0.6) is 0 Å². The van der Waals surface area contributed by atoms with Crippen molar-refractivity contribution < 1.29 is 4.42 Å². The number of rotatable bonds is 3. The molecule has 2 aromatic rings. The fourth-order valence-electron chi connectivity index (χ4n) is 1.36. The lowest BCUT2D eigenvalue weighted by Crippen LogP contribution is -2.04. The Bertz CT molecular complexity index is 496. The summed E-state index contributed by atoms with van der Waals surface area (Å²) in [6.07, 6.45) is 1.74. The van der Waals surface area contributed by atoms with Gasteiger partial charge in [-0.25, -0.2) is 4.98 Å². The molecule has 0 radical (unpaired) electrons. The van der Waals surface area contributed by atoms with Crippen LogP contribution < -0.4 is 5.32 Å². The third-order valence-electron chi connectivity index (χ3n) is 2.08. The fraction of sp³-hybridized carbons (Fsp3) is 0.182. The van der Waals surface area contributed by atoms with E-state index in [0.717, 1.165) is 20.3 Å². The highest BCUT2D eigenvalue weighted by Gasteiger charge is 2.09. The number of benzene rings is 1. The number of hydrogen-bond acceptors (Lipinski definition) is 3. The molecule has 0 bridgehead atoms. The molecule has 0 unspecified atom stereocenters. The topological polar surface area (TPSA) is 38.1 Å². The minimum atomic E-state index is 0.633. The second-order valence-corrected chi connectivity index (χ2v) is 5.04. The van der Waals surface area contributed by atoms with E-state index in [1.807, 2.05) is 25.2 Å². The van der Waals surface area contributed by atoms with Crippen molar-refractivity contribution in [2.45, 2.75) is 6.54 Å². The average molecular weight is 346 g/mol. The predicted octanol–water partition coefficient (Wildman–Crippen LogP) is 3.59. The van der Waals surface area contributed by atoms with Crippen LogP contribution in [-0.2, 0) is 6.54 Å². The maximum Gasteiger partial charge on any atom is 0.208 e. The van der Waals surface area contributed by atoms with E-state index in [-0.39, 0.29) is 0 Å². The van der Waals surface area contributed by atoms with Crippen molar-refractivity contribution in [3.63, 3.8) is 0 Å². The smallest absolute Gasteiger partial charge is 0.208 e. The monoisotopic (exact) mass is 344 g/mol. The van der Waals surface area contributed by atoms with Gasteiger partial charge in [0, 0.05) is 14.5 Å². The summed E-state index contributed by atoms with van der Waals surface area (Å²) in [6.45, 7) is 0.633. The van der Waals surface area contributed by atoms with Crippen LogP contribution in [0.4, 0.5) is 0 Å². The van der Waals surface area contributed by atoms with Crippen LogP contribution in [-0.4, -0.2) is 12.0 Å². The molecule has 1 heterocycles. The maximum atomic E-state index is 5.61. The number of halogens is 2. The predicted molar refractivity (Wildman–Crippen MR) is 70.1 cm³/mol. The van der Waals surface area contributed by atoms with E-state index in [1.165, 1.54) is 0 Å². The van der Waals surface area contributed by atoms with Gasteiger partial charge >= 0.3 is 0 Å². The van der Waals surface area contributed by atoms with E-state index < -0.39 is 0 Å². The standard InChI is InChI=1S/C11H10Br2N2O/c1-14-6-11-15-5-10(16-11)8-3-2-7(12)4-9(8)13/h2-5,14H,6H2,1H3. The Morgan fingerprint density at radius 2 is 2.19 bits per heavy atom. The van der Waals surface area contributed by atoms with Gasteiger partial charge in [0.2, 0.25) is 5.89 Å². The molecule has 0 amide bonds. The first kappa shape index (κ1) is 11.8. The van der Waals surface area contributed by atoms with E-state index in [0.29, 0.717) is 12.4 Å². The highest BCUT2D eigenvalue weighted by Crippen LogP contribution is 2.31. The zero-order valence-corrected chi connectivity index (χ0v) is 11.8. The van der Waals surface area contributed by atoms with Gasteiger partial charge in [0.05, 0.1) is 12.7 Å². The second-order valence-electron chi connectivity index (χ2n) is 3.27. The molecule has 5 heteroatoms. The van der Waals surface area contributed by atoms with Crippen molar-refractivity contribution in [2.75, 3.05) is 7.05 Å². The van der Waals surface area contributed by atoms with Crippen molar-refractivity contribution in [1.29, 1.82) is 0 Å². The lowest BCUT2D eigenvalue weighted by Gasteiger charge is -2.00. The molecule has 84 valence electrons. The van der Waals surface area contributed by atoms with Gasteiger partial charge in [0.25, 0.3) is 0 Å². The largest absolute Gasteiger partial charge is 0.439 e.